The maximum absolute atomic E-state index is 14.4. The average molecular weight is 677 g/mol. The Labute approximate surface area is 293 Å². The molecular weight excluding hydrogens is 632 g/mol. The number of ether oxygens (including phenoxy) is 2. The molecule has 2 amide bonds. The first kappa shape index (κ1) is 35.7. The Morgan fingerprint density at radius 2 is 0.920 bits per heavy atom. The van der Waals surface area contributed by atoms with E-state index in [1.54, 1.807) is 9.80 Å². The number of para-hydroxylation sites is 2. The van der Waals surface area contributed by atoms with Gasteiger partial charge in [0.1, 0.15) is 23.0 Å². The fourth-order valence-electron chi connectivity index (χ4n) is 6.50. The van der Waals surface area contributed by atoms with Crippen molar-refractivity contribution in [2.75, 3.05) is 13.1 Å². The number of carbonyl (C=O) groups excluding carboxylic acids is 2. The molecule has 10 nitrogen and oxygen atoms in total. The summed E-state index contributed by atoms with van der Waals surface area (Å²) < 4.78 is 11.9. The van der Waals surface area contributed by atoms with Gasteiger partial charge >= 0.3 is 0 Å². The predicted octanol–water partition coefficient (Wildman–Crippen LogP) is 7.85. The minimum Gasteiger partial charge on any atom is -0.457 e. The van der Waals surface area contributed by atoms with Crippen LogP contribution in [0.25, 0.3) is 0 Å². The summed E-state index contributed by atoms with van der Waals surface area (Å²) in [4.78, 5) is 32.2. The van der Waals surface area contributed by atoms with Gasteiger partial charge in [-0.3, -0.25) is 9.59 Å². The molecule has 10 heteroatoms. The van der Waals surface area contributed by atoms with Crippen LogP contribution in [0, 0.1) is 23.7 Å². The lowest BCUT2D eigenvalue weighted by Gasteiger charge is -2.49. The number of hydrogen-bond acceptors (Lipinski definition) is 8. The summed E-state index contributed by atoms with van der Waals surface area (Å²) in [6.07, 6.45) is 3.96. The fraction of sp³-hybridized carbons (Fsp3) is 0.300. The van der Waals surface area contributed by atoms with Crippen LogP contribution in [0.4, 0.5) is 0 Å². The van der Waals surface area contributed by atoms with Crippen molar-refractivity contribution in [1.29, 1.82) is 0 Å². The second-order valence-electron chi connectivity index (χ2n) is 12.4. The highest BCUT2D eigenvalue weighted by Gasteiger charge is 2.58. The van der Waals surface area contributed by atoms with E-state index in [9.17, 15) is 20.0 Å². The first-order valence-corrected chi connectivity index (χ1v) is 17.0. The number of oxime groups is 2. The van der Waals surface area contributed by atoms with Crippen LogP contribution in [0.3, 0.4) is 0 Å². The molecule has 0 spiro atoms. The highest BCUT2D eigenvalue weighted by molar-refractivity contribution is 5.97. The van der Waals surface area contributed by atoms with Crippen molar-refractivity contribution in [2.24, 2.45) is 34.0 Å². The maximum Gasteiger partial charge on any atom is 0.227 e. The molecule has 1 aliphatic carbocycles. The zero-order valence-electron chi connectivity index (χ0n) is 28.4. The van der Waals surface area contributed by atoms with E-state index in [1.807, 2.05) is 123 Å². The van der Waals surface area contributed by atoms with Crippen LogP contribution in [0.1, 0.15) is 37.8 Å². The number of hydrogen-bond donors (Lipinski definition) is 2. The second-order valence-corrected chi connectivity index (χ2v) is 12.4. The summed E-state index contributed by atoms with van der Waals surface area (Å²) in [5.41, 5.74) is 1.81. The van der Waals surface area contributed by atoms with Crippen molar-refractivity contribution in [1.82, 2.24) is 9.80 Å². The van der Waals surface area contributed by atoms with Crippen LogP contribution < -0.4 is 9.47 Å². The third-order valence-electron chi connectivity index (χ3n) is 8.87. The highest BCUT2D eigenvalue weighted by atomic mass is 16.5. The van der Waals surface area contributed by atoms with E-state index in [0.29, 0.717) is 50.5 Å². The SMILES string of the molecule is CCCN(Cc1ccc(Oc2ccccc2)cc1)C(=O)C1C(C=NO)C(C=NO)C1C(=O)N(CCC)Cc1ccc(Oc2ccccc2)cc1. The Hall–Kier alpha value is -5.64. The smallest absolute Gasteiger partial charge is 0.227 e. The first-order valence-electron chi connectivity index (χ1n) is 17.0. The Kier molecular flexibility index (Phi) is 12.6. The van der Waals surface area contributed by atoms with E-state index < -0.39 is 23.7 Å². The van der Waals surface area contributed by atoms with Gasteiger partial charge in [-0.1, -0.05) is 74.5 Å². The van der Waals surface area contributed by atoms with Crippen molar-refractivity contribution in [3.63, 3.8) is 0 Å². The van der Waals surface area contributed by atoms with E-state index in [2.05, 4.69) is 10.3 Å². The number of amides is 2. The molecule has 1 aliphatic rings. The van der Waals surface area contributed by atoms with Crippen molar-refractivity contribution in [2.45, 2.75) is 39.8 Å². The largest absolute Gasteiger partial charge is 0.457 e. The van der Waals surface area contributed by atoms with Gasteiger partial charge in [0.15, 0.2) is 0 Å². The third kappa shape index (κ3) is 8.87. The van der Waals surface area contributed by atoms with E-state index >= 15 is 0 Å². The van der Waals surface area contributed by atoms with Crippen molar-refractivity contribution in [3.05, 3.63) is 120 Å². The standard InChI is InChI=1S/C40H44N4O6/c1-3-23-43(27-29-15-19-33(20-16-29)49-31-11-7-5-8-12-31)39(45)37-35(25-41-47)36(26-42-48)38(37)40(46)44(24-4-2)28-30-17-21-34(22-18-30)50-32-13-9-6-10-14-32/h5-22,25-26,35-38,47-48H,3-4,23-24,27-28H2,1-2H3. The highest BCUT2D eigenvalue weighted by Crippen LogP contribution is 2.47. The van der Waals surface area contributed by atoms with Crippen LogP contribution in [0.2, 0.25) is 0 Å². The molecule has 2 N–H and O–H groups in total. The lowest BCUT2D eigenvalue weighted by atomic mass is 9.56. The molecule has 1 saturated carbocycles. The Balaban J connectivity index is 1.34. The minimum atomic E-state index is -0.811. The molecule has 0 bridgehead atoms. The molecule has 0 aliphatic heterocycles. The summed E-state index contributed by atoms with van der Waals surface area (Å²) in [6, 6.07) is 34.1. The van der Waals surface area contributed by atoms with Crippen LogP contribution in [0.15, 0.2) is 120 Å². The number of benzene rings is 4. The van der Waals surface area contributed by atoms with Gasteiger partial charge in [-0.15, -0.1) is 10.3 Å². The van der Waals surface area contributed by atoms with E-state index in [-0.39, 0.29) is 11.8 Å². The summed E-state index contributed by atoms with van der Waals surface area (Å²) >= 11 is 0. The Morgan fingerprint density at radius 1 is 0.580 bits per heavy atom. The topological polar surface area (TPSA) is 124 Å². The van der Waals surface area contributed by atoms with Crippen LogP contribution in [0.5, 0.6) is 23.0 Å². The minimum absolute atomic E-state index is 0.221. The fourth-order valence-corrected chi connectivity index (χ4v) is 6.50. The van der Waals surface area contributed by atoms with Crippen molar-refractivity contribution >= 4 is 24.2 Å². The molecule has 4 aromatic rings. The molecule has 1 fully saturated rings. The van der Waals surface area contributed by atoms with Crippen molar-refractivity contribution in [3.8, 4) is 23.0 Å². The summed E-state index contributed by atoms with van der Waals surface area (Å²) in [5, 5.41) is 25.6. The average Bonchev–Trinajstić information content (AvgIpc) is 3.13. The molecule has 0 heterocycles. The molecule has 4 unspecified atom stereocenters. The van der Waals surface area contributed by atoms with Crippen LogP contribution >= 0.6 is 0 Å². The quantitative estimate of drug-likeness (QED) is 0.0708. The lowest BCUT2D eigenvalue weighted by Crippen LogP contribution is -2.61. The number of nitrogens with zero attached hydrogens (tertiary/aromatic N) is 4. The predicted molar refractivity (Wildman–Crippen MR) is 192 cm³/mol. The Morgan fingerprint density at radius 3 is 1.24 bits per heavy atom. The molecular formula is C40H44N4O6. The third-order valence-corrected chi connectivity index (χ3v) is 8.87. The molecule has 50 heavy (non-hydrogen) atoms. The molecule has 4 aromatic carbocycles. The molecule has 0 aromatic heterocycles. The number of rotatable bonds is 16. The van der Waals surface area contributed by atoms with Gasteiger partial charge in [0, 0.05) is 50.4 Å². The van der Waals surface area contributed by atoms with E-state index in [1.165, 1.54) is 12.4 Å². The van der Waals surface area contributed by atoms with E-state index in [0.717, 1.165) is 22.6 Å². The van der Waals surface area contributed by atoms with Gasteiger partial charge in [0.2, 0.25) is 11.8 Å². The van der Waals surface area contributed by atoms with Gasteiger partial charge in [-0.25, -0.2) is 0 Å². The first-order chi connectivity index (χ1) is 24.4. The molecule has 0 radical (unpaired) electrons. The van der Waals surface area contributed by atoms with Gasteiger partial charge in [-0.05, 0) is 72.5 Å². The van der Waals surface area contributed by atoms with Gasteiger partial charge in [0.25, 0.3) is 0 Å². The Bertz CT molecular complexity index is 1590. The number of carbonyl (C=O) groups is 2. The maximum atomic E-state index is 14.4. The summed E-state index contributed by atoms with van der Waals surface area (Å²) in [5.74, 6) is -0.505. The molecule has 4 atom stereocenters. The van der Waals surface area contributed by atoms with Gasteiger partial charge < -0.3 is 29.7 Å². The van der Waals surface area contributed by atoms with Crippen molar-refractivity contribution < 1.29 is 29.5 Å². The molecule has 260 valence electrons. The van der Waals surface area contributed by atoms with Crippen LogP contribution in [-0.4, -0.2) is 57.5 Å². The monoisotopic (exact) mass is 676 g/mol. The van der Waals surface area contributed by atoms with E-state index in [4.69, 9.17) is 9.47 Å². The summed E-state index contributed by atoms with van der Waals surface area (Å²) in [7, 11) is 0. The molecule has 5 rings (SSSR count). The van der Waals surface area contributed by atoms with Crippen LogP contribution in [-0.2, 0) is 22.7 Å². The summed E-state index contributed by atoms with van der Waals surface area (Å²) in [6.45, 7) is 5.58. The second kappa shape index (κ2) is 17.7. The normalized spacial score (nSPS) is 18.4. The van der Waals surface area contributed by atoms with Gasteiger partial charge in [-0.2, -0.15) is 0 Å². The lowest BCUT2D eigenvalue weighted by molar-refractivity contribution is -0.159. The molecule has 0 saturated heterocycles. The zero-order valence-corrected chi connectivity index (χ0v) is 28.4. The zero-order chi connectivity index (χ0) is 35.3. The van der Waals surface area contributed by atoms with Gasteiger partial charge in [0.05, 0.1) is 11.8 Å².